The normalized spacial score (nSPS) is 25.7. The molecule has 4 nitrogen and oxygen atoms in total. The quantitative estimate of drug-likeness (QED) is 0.868. The van der Waals surface area contributed by atoms with Crippen molar-refractivity contribution in [3.8, 4) is 11.4 Å². The van der Waals surface area contributed by atoms with Crippen LogP contribution < -0.4 is 5.32 Å². The molecule has 23 heavy (non-hydrogen) atoms. The predicted octanol–water partition coefficient (Wildman–Crippen LogP) is 4.49. The van der Waals surface area contributed by atoms with Crippen LogP contribution in [0.15, 0.2) is 30.5 Å². The molecule has 1 aromatic carbocycles. The molecule has 5 heteroatoms. The number of carbonyl (C=O) groups excluding carboxylic acids is 1. The summed E-state index contributed by atoms with van der Waals surface area (Å²) in [4.78, 5) is 19.7. The number of anilines is 1. The van der Waals surface area contributed by atoms with Crippen molar-refractivity contribution in [3.63, 3.8) is 0 Å². The molecule has 1 heterocycles. The van der Waals surface area contributed by atoms with Crippen LogP contribution >= 0.6 is 11.6 Å². The summed E-state index contributed by atoms with van der Waals surface area (Å²) in [5.74, 6) is 3.71. The van der Waals surface area contributed by atoms with E-state index < -0.39 is 0 Å². The zero-order valence-corrected chi connectivity index (χ0v) is 13.6. The van der Waals surface area contributed by atoms with Crippen molar-refractivity contribution in [3.05, 3.63) is 35.5 Å². The van der Waals surface area contributed by atoms with Gasteiger partial charge < -0.3 is 10.3 Å². The van der Waals surface area contributed by atoms with Gasteiger partial charge in [0.05, 0.1) is 6.20 Å². The van der Waals surface area contributed by atoms with Crippen LogP contribution in [-0.4, -0.2) is 15.9 Å². The van der Waals surface area contributed by atoms with Gasteiger partial charge in [-0.1, -0.05) is 18.0 Å². The second-order valence-electron chi connectivity index (χ2n) is 6.84. The highest BCUT2D eigenvalue weighted by Gasteiger charge is 2.40. The fraction of sp³-hybridized carbons (Fsp3) is 0.444. The minimum Gasteiger partial charge on any atom is -0.325 e. The van der Waals surface area contributed by atoms with Gasteiger partial charge in [-0.3, -0.25) is 4.79 Å². The highest BCUT2D eigenvalue weighted by Crippen LogP contribution is 2.49. The Morgan fingerprint density at radius 3 is 2.78 bits per heavy atom. The number of hydrogen-bond donors (Lipinski definition) is 2. The van der Waals surface area contributed by atoms with Crippen LogP contribution in [0.1, 0.15) is 32.1 Å². The fourth-order valence-corrected chi connectivity index (χ4v) is 4.33. The van der Waals surface area contributed by atoms with Gasteiger partial charge in [0.25, 0.3) is 0 Å². The predicted molar refractivity (Wildman–Crippen MR) is 91.2 cm³/mol. The Morgan fingerprint density at radius 2 is 2.09 bits per heavy atom. The Kier molecular flexibility index (Phi) is 3.85. The fourth-order valence-electron chi connectivity index (χ4n) is 4.21. The van der Waals surface area contributed by atoms with Crippen molar-refractivity contribution in [2.75, 3.05) is 5.32 Å². The highest BCUT2D eigenvalue weighted by molar-refractivity contribution is 6.30. The second-order valence-corrected chi connectivity index (χ2v) is 7.28. The van der Waals surface area contributed by atoms with Crippen LogP contribution in [0.25, 0.3) is 11.4 Å². The number of fused-ring (bicyclic) bond motifs is 2. The van der Waals surface area contributed by atoms with Crippen LogP contribution in [0.5, 0.6) is 0 Å². The van der Waals surface area contributed by atoms with Crippen LogP contribution in [0.2, 0.25) is 5.02 Å². The molecule has 2 saturated carbocycles. The number of nitrogens with zero attached hydrogens (tertiary/aromatic N) is 1. The summed E-state index contributed by atoms with van der Waals surface area (Å²) in [7, 11) is 0. The van der Waals surface area contributed by atoms with Crippen molar-refractivity contribution in [1.29, 1.82) is 0 Å². The molecule has 0 saturated heterocycles. The number of halogens is 1. The van der Waals surface area contributed by atoms with E-state index in [2.05, 4.69) is 15.3 Å². The molecule has 1 aromatic heterocycles. The lowest BCUT2D eigenvalue weighted by molar-refractivity contribution is -0.117. The molecule has 0 spiro atoms. The molecule has 2 bridgehead atoms. The number of nitrogens with one attached hydrogen (secondary N) is 2. The molecular formula is C18H20ClN3O. The van der Waals surface area contributed by atoms with Gasteiger partial charge in [0.2, 0.25) is 5.91 Å². The molecule has 3 unspecified atom stereocenters. The minimum atomic E-state index is 0.0915. The molecule has 2 aliphatic carbocycles. The number of aromatic amines is 1. The third kappa shape index (κ3) is 3.13. The number of carbonyl (C=O) groups is 1. The monoisotopic (exact) mass is 329 g/mol. The maximum absolute atomic E-state index is 12.3. The third-order valence-electron chi connectivity index (χ3n) is 5.30. The summed E-state index contributed by atoms with van der Waals surface area (Å²) in [6.45, 7) is 0. The van der Waals surface area contributed by atoms with E-state index in [1.165, 1.54) is 25.7 Å². The number of benzene rings is 1. The number of aromatic nitrogens is 2. The van der Waals surface area contributed by atoms with E-state index in [0.29, 0.717) is 23.2 Å². The Balaban J connectivity index is 1.37. The lowest BCUT2D eigenvalue weighted by atomic mass is 9.86. The second kappa shape index (κ2) is 6.00. The number of H-pyrrole nitrogens is 1. The molecule has 120 valence electrons. The molecule has 2 aromatic rings. The summed E-state index contributed by atoms with van der Waals surface area (Å²) in [6.07, 6.45) is 7.56. The van der Waals surface area contributed by atoms with E-state index in [1.54, 1.807) is 6.20 Å². The van der Waals surface area contributed by atoms with Gasteiger partial charge in [0.1, 0.15) is 11.6 Å². The van der Waals surface area contributed by atoms with Gasteiger partial charge >= 0.3 is 0 Å². The smallest absolute Gasteiger partial charge is 0.225 e. The van der Waals surface area contributed by atoms with E-state index in [1.807, 2.05) is 24.3 Å². The zero-order valence-electron chi connectivity index (χ0n) is 12.9. The first-order chi connectivity index (χ1) is 11.2. The molecule has 1 amide bonds. The van der Waals surface area contributed by atoms with Crippen LogP contribution in [0.3, 0.4) is 0 Å². The van der Waals surface area contributed by atoms with Crippen LogP contribution in [0, 0.1) is 17.8 Å². The van der Waals surface area contributed by atoms with Crippen molar-refractivity contribution in [1.82, 2.24) is 9.97 Å². The Hall–Kier alpha value is -1.81. The maximum atomic E-state index is 12.3. The largest absolute Gasteiger partial charge is 0.325 e. The van der Waals surface area contributed by atoms with Gasteiger partial charge in [0.15, 0.2) is 0 Å². The number of amides is 1. The summed E-state index contributed by atoms with van der Waals surface area (Å²) in [6, 6.07) is 7.46. The average molecular weight is 330 g/mol. The maximum Gasteiger partial charge on any atom is 0.225 e. The van der Waals surface area contributed by atoms with Crippen molar-refractivity contribution < 1.29 is 4.79 Å². The Labute approximate surface area is 140 Å². The van der Waals surface area contributed by atoms with E-state index in [-0.39, 0.29) is 5.91 Å². The van der Waals surface area contributed by atoms with Gasteiger partial charge in [0, 0.05) is 17.0 Å². The van der Waals surface area contributed by atoms with Crippen molar-refractivity contribution in [2.24, 2.45) is 17.8 Å². The standard InChI is InChI=1S/C18H20ClN3O/c19-15-5-3-12(4-6-15)18-20-10-16(22-18)21-17(23)9-14-8-11-1-2-13(14)7-11/h3-6,10-11,13-14H,1-2,7-9H2,(H,20,22)(H,21,23). The van der Waals surface area contributed by atoms with E-state index in [9.17, 15) is 4.79 Å². The molecule has 0 radical (unpaired) electrons. The topological polar surface area (TPSA) is 57.8 Å². The van der Waals surface area contributed by atoms with Gasteiger partial charge in [-0.2, -0.15) is 0 Å². The zero-order chi connectivity index (χ0) is 15.8. The summed E-state index contributed by atoms with van der Waals surface area (Å²) in [5.41, 5.74) is 0.947. The molecular weight excluding hydrogens is 310 g/mol. The van der Waals surface area contributed by atoms with Crippen molar-refractivity contribution >= 4 is 23.3 Å². The first kappa shape index (κ1) is 14.8. The first-order valence-electron chi connectivity index (χ1n) is 8.28. The summed E-state index contributed by atoms with van der Waals surface area (Å²) < 4.78 is 0. The lowest BCUT2D eigenvalue weighted by Crippen LogP contribution is -2.20. The van der Waals surface area contributed by atoms with Gasteiger partial charge in [-0.05, 0) is 61.3 Å². The SMILES string of the molecule is O=C(CC1CC2CCC1C2)Nc1cnc(-c2ccc(Cl)cc2)[nH]1. The molecule has 0 aliphatic heterocycles. The number of rotatable bonds is 4. The molecule has 3 atom stereocenters. The Bertz CT molecular complexity index is 709. The lowest BCUT2D eigenvalue weighted by Gasteiger charge is -2.20. The Morgan fingerprint density at radius 1 is 1.26 bits per heavy atom. The molecule has 2 aliphatic rings. The molecule has 2 N–H and O–H groups in total. The molecule has 4 rings (SSSR count). The van der Waals surface area contributed by atoms with Crippen LogP contribution in [0.4, 0.5) is 5.82 Å². The highest BCUT2D eigenvalue weighted by atomic mass is 35.5. The molecule has 2 fully saturated rings. The summed E-state index contributed by atoms with van der Waals surface area (Å²) >= 11 is 5.89. The van der Waals surface area contributed by atoms with E-state index >= 15 is 0 Å². The third-order valence-corrected chi connectivity index (χ3v) is 5.55. The number of imidazole rings is 1. The van der Waals surface area contributed by atoms with Crippen LogP contribution in [-0.2, 0) is 4.79 Å². The minimum absolute atomic E-state index is 0.0915. The average Bonchev–Trinajstić information content (AvgIpc) is 3.24. The number of hydrogen-bond acceptors (Lipinski definition) is 2. The first-order valence-corrected chi connectivity index (χ1v) is 8.66. The van der Waals surface area contributed by atoms with E-state index in [0.717, 1.165) is 23.2 Å². The van der Waals surface area contributed by atoms with Crippen molar-refractivity contribution in [2.45, 2.75) is 32.1 Å². The van der Waals surface area contributed by atoms with E-state index in [4.69, 9.17) is 11.6 Å². The van der Waals surface area contributed by atoms with Gasteiger partial charge in [-0.15, -0.1) is 0 Å². The summed E-state index contributed by atoms with van der Waals surface area (Å²) in [5, 5.41) is 3.64. The van der Waals surface area contributed by atoms with Gasteiger partial charge in [-0.25, -0.2) is 4.98 Å².